The van der Waals surface area contributed by atoms with Crippen LogP contribution in [0.2, 0.25) is 0 Å². The molecule has 0 saturated heterocycles. The molecule has 5 nitrogen and oxygen atoms in total. The Hall–Kier alpha value is -1.78. The number of rotatable bonds is 7. The van der Waals surface area contributed by atoms with Crippen LogP contribution in [0.1, 0.15) is 43.3 Å². The van der Waals surface area contributed by atoms with Crippen LogP contribution in [0.25, 0.3) is 0 Å². The SMILES string of the molecule is CCN(CCC(=O)NCC(C)C)C(=O)c1ccoc1C. The van der Waals surface area contributed by atoms with Crippen LogP contribution in [0.15, 0.2) is 16.7 Å². The minimum absolute atomic E-state index is 0.0196. The van der Waals surface area contributed by atoms with E-state index in [0.29, 0.717) is 43.3 Å². The van der Waals surface area contributed by atoms with Gasteiger partial charge in [-0.3, -0.25) is 9.59 Å². The number of carbonyl (C=O) groups is 2. The minimum atomic E-state index is -0.0876. The first-order valence-corrected chi connectivity index (χ1v) is 7.05. The number of carbonyl (C=O) groups excluding carboxylic acids is 2. The molecule has 0 aliphatic heterocycles. The molecule has 1 aromatic rings. The zero-order valence-corrected chi connectivity index (χ0v) is 12.7. The van der Waals surface area contributed by atoms with Crippen molar-refractivity contribution in [2.24, 2.45) is 5.92 Å². The molecule has 1 rings (SSSR count). The summed E-state index contributed by atoms with van der Waals surface area (Å²) < 4.78 is 5.14. The topological polar surface area (TPSA) is 62.6 Å². The first-order valence-electron chi connectivity index (χ1n) is 7.05. The van der Waals surface area contributed by atoms with Gasteiger partial charge in [-0.1, -0.05) is 13.8 Å². The molecule has 5 heteroatoms. The summed E-state index contributed by atoms with van der Waals surface area (Å²) >= 11 is 0. The summed E-state index contributed by atoms with van der Waals surface area (Å²) in [6.07, 6.45) is 1.83. The highest BCUT2D eigenvalue weighted by molar-refractivity contribution is 5.95. The molecule has 0 aliphatic rings. The van der Waals surface area contributed by atoms with E-state index in [-0.39, 0.29) is 11.8 Å². The molecule has 0 saturated carbocycles. The van der Waals surface area contributed by atoms with Gasteiger partial charge >= 0.3 is 0 Å². The van der Waals surface area contributed by atoms with Gasteiger partial charge in [0.15, 0.2) is 0 Å². The molecule has 112 valence electrons. The molecule has 1 aromatic heterocycles. The molecule has 1 heterocycles. The summed E-state index contributed by atoms with van der Waals surface area (Å²) in [6.45, 7) is 9.41. The summed E-state index contributed by atoms with van der Waals surface area (Å²) in [5.74, 6) is 0.929. The fourth-order valence-corrected chi connectivity index (χ4v) is 1.82. The molecule has 0 bridgehead atoms. The molecule has 0 spiro atoms. The molecule has 0 unspecified atom stereocenters. The van der Waals surface area contributed by atoms with Crippen molar-refractivity contribution in [3.63, 3.8) is 0 Å². The van der Waals surface area contributed by atoms with E-state index in [1.54, 1.807) is 17.9 Å². The van der Waals surface area contributed by atoms with Crippen LogP contribution in [0.4, 0.5) is 0 Å². The lowest BCUT2D eigenvalue weighted by Crippen LogP contribution is -2.36. The highest BCUT2D eigenvalue weighted by Crippen LogP contribution is 2.12. The van der Waals surface area contributed by atoms with Crippen LogP contribution in [0.3, 0.4) is 0 Å². The summed E-state index contributed by atoms with van der Waals surface area (Å²) in [4.78, 5) is 25.6. The van der Waals surface area contributed by atoms with E-state index in [1.807, 2.05) is 20.8 Å². The lowest BCUT2D eigenvalue weighted by molar-refractivity contribution is -0.121. The minimum Gasteiger partial charge on any atom is -0.469 e. The second-order valence-corrected chi connectivity index (χ2v) is 5.22. The zero-order valence-electron chi connectivity index (χ0n) is 12.7. The molecule has 1 N–H and O–H groups in total. The van der Waals surface area contributed by atoms with Crippen LogP contribution in [0.5, 0.6) is 0 Å². The fraction of sp³-hybridized carbons (Fsp3) is 0.600. The Balaban J connectivity index is 2.49. The Morgan fingerprint density at radius 1 is 1.40 bits per heavy atom. The number of amides is 2. The Morgan fingerprint density at radius 2 is 2.10 bits per heavy atom. The van der Waals surface area contributed by atoms with Gasteiger partial charge in [0.1, 0.15) is 5.76 Å². The van der Waals surface area contributed by atoms with E-state index in [1.165, 1.54) is 6.26 Å². The van der Waals surface area contributed by atoms with Crippen molar-refractivity contribution in [1.29, 1.82) is 0 Å². The average molecular weight is 280 g/mol. The second kappa shape index (κ2) is 7.72. The molecule has 0 aliphatic carbocycles. The third kappa shape index (κ3) is 4.72. The smallest absolute Gasteiger partial charge is 0.257 e. The van der Waals surface area contributed by atoms with E-state index in [0.717, 1.165) is 0 Å². The van der Waals surface area contributed by atoms with Gasteiger partial charge in [0.05, 0.1) is 11.8 Å². The van der Waals surface area contributed by atoms with Crippen LogP contribution in [-0.4, -0.2) is 36.3 Å². The van der Waals surface area contributed by atoms with Gasteiger partial charge in [-0.15, -0.1) is 0 Å². The number of hydrogen-bond acceptors (Lipinski definition) is 3. The first-order chi connectivity index (χ1) is 9.45. The van der Waals surface area contributed by atoms with Gasteiger partial charge in [0, 0.05) is 26.1 Å². The lowest BCUT2D eigenvalue weighted by atomic mass is 10.2. The van der Waals surface area contributed by atoms with Crippen LogP contribution < -0.4 is 5.32 Å². The molecule has 0 atom stereocenters. The van der Waals surface area contributed by atoms with Gasteiger partial charge in [0.2, 0.25) is 5.91 Å². The third-order valence-electron chi connectivity index (χ3n) is 3.07. The third-order valence-corrected chi connectivity index (χ3v) is 3.07. The van der Waals surface area contributed by atoms with Crippen molar-refractivity contribution in [1.82, 2.24) is 10.2 Å². The predicted octanol–water partition coefficient (Wildman–Crippen LogP) is 2.21. The van der Waals surface area contributed by atoms with Crippen molar-refractivity contribution in [2.75, 3.05) is 19.6 Å². The number of aryl methyl sites for hydroxylation is 1. The van der Waals surface area contributed by atoms with Crippen LogP contribution in [0, 0.1) is 12.8 Å². The molecule has 0 radical (unpaired) electrons. The van der Waals surface area contributed by atoms with E-state index in [4.69, 9.17) is 4.42 Å². The van der Waals surface area contributed by atoms with Crippen LogP contribution >= 0.6 is 0 Å². The summed E-state index contributed by atoms with van der Waals surface area (Å²) in [5, 5.41) is 2.85. The summed E-state index contributed by atoms with van der Waals surface area (Å²) in [5.41, 5.74) is 0.564. The van der Waals surface area contributed by atoms with Crippen LogP contribution in [-0.2, 0) is 4.79 Å². The van der Waals surface area contributed by atoms with Crippen molar-refractivity contribution < 1.29 is 14.0 Å². The number of nitrogens with zero attached hydrogens (tertiary/aromatic N) is 1. The molecule has 20 heavy (non-hydrogen) atoms. The van der Waals surface area contributed by atoms with Gasteiger partial charge < -0.3 is 14.6 Å². The monoisotopic (exact) mass is 280 g/mol. The first kappa shape index (κ1) is 16.3. The molecule has 0 aromatic carbocycles. The van der Waals surface area contributed by atoms with Gasteiger partial charge in [0.25, 0.3) is 5.91 Å². The van der Waals surface area contributed by atoms with Crippen molar-refractivity contribution >= 4 is 11.8 Å². The van der Waals surface area contributed by atoms with E-state index >= 15 is 0 Å². The van der Waals surface area contributed by atoms with E-state index in [9.17, 15) is 9.59 Å². The molecular formula is C15H24N2O3. The highest BCUT2D eigenvalue weighted by atomic mass is 16.3. The molecule has 0 fully saturated rings. The Morgan fingerprint density at radius 3 is 2.60 bits per heavy atom. The molecule has 2 amide bonds. The largest absolute Gasteiger partial charge is 0.469 e. The maximum atomic E-state index is 12.3. The summed E-state index contributed by atoms with van der Waals surface area (Å²) in [7, 11) is 0. The highest BCUT2D eigenvalue weighted by Gasteiger charge is 2.18. The Kier molecular flexibility index (Phi) is 6.28. The number of furan rings is 1. The molecular weight excluding hydrogens is 256 g/mol. The standard InChI is InChI=1S/C15H24N2O3/c1-5-17(8-6-14(18)16-10-11(2)3)15(19)13-7-9-20-12(13)4/h7,9,11H,5-6,8,10H2,1-4H3,(H,16,18). The van der Waals surface area contributed by atoms with E-state index < -0.39 is 0 Å². The van der Waals surface area contributed by atoms with Gasteiger partial charge in [-0.25, -0.2) is 0 Å². The van der Waals surface area contributed by atoms with Gasteiger partial charge in [-0.2, -0.15) is 0 Å². The maximum absolute atomic E-state index is 12.3. The number of hydrogen-bond donors (Lipinski definition) is 1. The van der Waals surface area contributed by atoms with Crippen molar-refractivity contribution in [2.45, 2.75) is 34.1 Å². The maximum Gasteiger partial charge on any atom is 0.257 e. The normalized spacial score (nSPS) is 10.7. The predicted molar refractivity (Wildman–Crippen MR) is 77.5 cm³/mol. The fourth-order valence-electron chi connectivity index (χ4n) is 1.82. The second-order valence-electron chi connectivity index (χ2n) is 5.22. The Bertz CT molecular complexity index is 452. The lowest BCUT2D eigenvalue weighted by Gasteiger charge is -2.20. The quantitative estimate of drug-likeness (QED) is 0.833. The van der Waals surface area contributed by atoms with Crippen molar-refractivity contribution in [3.05, 3.63) is 23.7 Å². The van der Waals surface area contributed by atoms with Gasteiger partial charge in [-0.05, 0) is 25.8 Å². The Labute approximate surface area is 120 Å². The van der Waals surface area contributed by atoms with E-state index in [2.05, 4.69) is 5.32 Å². The number of nitrogens with one attached hydrogen (secondary N) is 1. The summed E-state index contributed by atoms with van der Waals surface area (Å²) in [6, 6.07) is 1.67. The average Bonchev–Trinajstić information content (AvgIpc) is 2.83. The van der Waals surface area contributed by atoms with Crippen molar-refractivity contribution in [3.8, 4) is 0 Å². The zero-order chi connectivity index (χ0) is 15.1.